The summed E-state index contributed by atoms with van der Waals surface area (Å²) in [6.07, 6.45) is 2.30. The lowest BCUT2D eigenvalue weighted by Crippen LogP contribution is -2.37. The summed E-state index contributed by atoms with van der Waals surface area (Å²) in [6.45, 7) is 6.06. The topological polar surface area (TPSA) is 53.7 Å². The van der Waals surface area contributed by atoms with Gasteiger partial charge in [-0.25, -0.2) is 4.79 Å². The van der Waals surface area contributed by atoms with Gasteiger partial charge in [0.15, 0.2) is 0 Å². The fourth-order valence-electron chi connectivity index (χ4n) is 3.08. The number of hydrogen-bond acceptors (Lipinski definition) is 3. The van der Waals surface area contributed by atoms with Crippen molar-refractivity contribution in [1.29, 1.82) is 0 Å². The van der Waals surface area contributed by atoms with Gasteiger partial charge in [-0.05, 0) is 39.3 Å². The molecule has 0 amide bonds. The molecule has 0 spiro atoms. The van der Waals surface area contributed by atoms with Gasteiger partial charge in [0.25, 0.3) is 0 Å². The van der Waals surface area contributed by atoms with E-state index < -0.39 is 5.97 Å². The van der Waals surface area contributed by atoms with E-state index in [0.717, 1.165) is 30.3 Å². The molecule has 1 aliphatic rings. The van der Waals surface area contributed by atoms with Crippen molar-refractivity contribution in [2.24, 2.45) is 0 Å². The monoisotopic (exact) mass is 273 g/mol. The highest BCUT2D eigenvalue weighted by Gasteiger charge is 2.33. The summed E-state index contributed by atoms with van der Waals surface area (Å²) in [4.78, 5) is 13.8. The largest absolute Gasteiger partial charge is 0.475 e. The molecule has 0 atom stereocenters. The SMILES string of the molecule is CC1(C)CCCN1Cc1c(C(=O)O)oc2ccccc12. The van der Waals surface area contributed by atoms with Crippen LogP contribution in [0.2, 0.25) is 0 Å². The first-order valence-corrected chi connectivity index (χ1v) is 6.98. The normalized spacial score (nSPS) is 18.7. The van der Waals surface area contributed by atoms with Gasteiger partial charge in [-0.2, -0.15) is 0 Å². The van der Waals surface area contributed by atoms with Gasteiger partial charge in [-0.15, -0.1) is 0 Å². The van der Waals surface area contributed by atoms with Gasteiger partial charge in [-0.3, -0.25) is 4.90 Å². The van der Waals surface area contributed by atoms with Crippen LogP contribution in [0.15, 0.2) is 28.7 Å². The Balaban J connectivity index is 2.05. The molecule has 1 fully saturated rings. The van der Waals surface area contributed by atoms with Crippen LogP contribution < -0.4 is 0 Å². The molecule has 0 saturated carbocycles. The number of carbonyl (C=O) groups is 1. The molecule has 106 valence electrons. The molecule has 0 radical (unpaired) electrons. The van der Waals surface area contributed by atoms with Gasteiger partial charge < -0.3 is 9.52 Å². The van der Waals surface area contributed by atoms with Crippen LogP contribution in [-0.4, -0.2) is 28.1 Å². The summed E-state index contributed by atoms with van der Waals surface area (Å²) in [6, 6.07) is 7.53. The fourth-order valence-corrected chi connectivity index (χ4v) is 3.08. The van der Waals surface area contributed by atoms with Crippen molar-refractivity contribution in [1.82, 2.24) is 4.90 Å². The number of aromatic carboxylic acids is 1. The van der Waals surface area contributed by atoms with Gasteiger partial charge in [0, 0.05) is 23.0 Å². The lowest BCUT2D eigenvalue weighted by atomic mass is 10.0. The Morgan fingerprint density at radius 2 is 2.15 bits per heavy atom. The maximum absolute atomic E-state index is 11.4. The minimum absolute atomic E-state index is 0.0777. The molecule has 0 aliphatic carbocycles. The third kappa shape index (κ3) is 2.10. The second-order valence-corrected chi connectivity index (χ2v) is 6.05. The molecule has 1 N–H and O–H groups in total. The van der Waals surface area contributed by atoms with Crippen LogP contribution in [0.5, 0.6) is 0 Å². The molecule has 4 heteroatoms. The van der Waals surface area contributed by atoms with Crippen LogP contribution in [0.1, 0.15) is 42.8 Å². The first-order chi connectivity index (χ1) is 9.49. The third-order valence-corrected chi connectivity index (χ3v) is 4.31. The van der Waals surface area contributed by atoms with Crippen LogP contribution in [0, 0.1) is 0 Å². The average Bonchev–Trinajstić information content (AvgIpc) is 2.92. The predicted molar refractivity (Wildman–Crippen MR) is 76.9 cm³/mol. The van der Waals surface area contributed by atoms with Gasteiger partial charge in [0.2, 0.25) is 5.76 Å². The maximum Gasteiger partial charge on any atom is 0.372 e. The first kappa shape index (κ1) is 13.2. The zero-order valence-electron chi connectivity index (χ0n) is 11.8. The van der Waals surface area contributed by atoms with Crippen molar-refractivity contribution in [2.75, 3.05) is 6.54 Å². The van der Waals surface area contributed by atoms with E-state index >= 15 is 0 Å². The van der Waals surface area contributed by atoms with Crippen LogP contribution >= 0.6 is 0 Å². The molecule has 0 bridgehead atoms. The first-order valence-electron chi connectivity index (χ1n) is 6.98. The van der Waals surface area contributed by atoms with Crippen molar-refractivity contribution in [3.63, 3.8) is 0 Å². The highest BCUT2D eigenvalue weighted by Crippen LogP contribution is 2.33. The zero-order valence-corrected chi connectivity index (χ0v) is 11.8. The van der Waals surface area contributed by atoms with E-state index in [1.807, 2.05) is 24.3 Å². The third-order valence-electron chi connectivity index (χ3n) is 4.31. The van der Waals surface area contributed by atoms with Crippen molar-refractivity contribution in [3.8, 4) is 0 Å². The highest BCUT2D eigenvalue weighted by atomic mass is 16.4. The second kappa shape index (κ2) is 4.63. The molecule has 4 nitrogen and oxygen atoms in total. The number of carboxylic acid groups (broad SMARTS) is 1. The molecular weight excluding hydrogens is 254 g/mol. The number of fused-ring (bicyclic) bond motifs is 1. The Labute approximate surface area is 118 Å². The quantitative estimate of drug-likeness (QED) is 0.929. The van der Waals surface area contributed by atoms with Crippen LogP contribution in [0.3, 0.4) is 0 Å². The Morgan fingerprint density at radius 3 is 2.80 bits per heavy atom. The molecule has 0 unspecified atom stereocenters. The van der Waals surface area contributed by atoms with Gasteiger partial charge in [0.1, 0.15) is 5.58 Å². The standard InChI is InChI=1S/C16H19NO3/c1-16(2)8-5-9-17(16)10-12-11-6-3-4-7-13(11)20-14(12)15(18)19/h3-4,6-7H,5,8-10H2,1-2H3,(H,18,19). The summed E-state index contributed by atoms with van der Waals surface area (Å²) in [5.74, 6) is -0.915. The number of nitrogens with zero attached hydrogens (tertiary/aromatic N) is 1. The number of benzene rings is 1. The smallest absolute Gasteiger partial charge is 0.372 e. The molecule has 1 saturated heterocycles. The van der Waals surface area contributed by atoms with E-state index in [9.17, 15) is 9.90 Å². The molecule has 2 heterocycles. The molecule has 1 aliphatic heterocycles. The van der Waals surface area contributed by atoms with E-state index in [4.69, 9.17) is 4.42 Å². The summed E-state index contributed by atoms with van der Waals surface area (Å²) >= 11 is 0. The minimum atomic E-state index is -0.992. The predicted octanol–water partition coefficient (Wildman–Crippen LogP) is 3.51. The molecule has 20 heavy (non-hydrogen) atoms. The van der Waals surface area contributed by atoms with Gasteiger partial charge in [-0.1, -0.05) is 18.2 Å². The van der Waals surface area contributed by atoms with Crippen molar-refractivity contribution >= 4 is 16.9 Å². The van der Waals surface area contributed by atoms with Crippen molar-refractivity contribution in [3.05, 3.63) is 35.6 Å². The Hall–Kier alpha value is -1.81. The van der Waals surface area contributed by atoms with Crippen LogP contribution in [-0.2, 0) is 6.54 Å². The average molecular weight is 273 g/mol. The number of para-hydroxylation sites is 1. The van der Waals surface area contributed by atoms with E-state index in [1.54, 1.807) is 0 Å². The molecular formula is C16H19NO3. The molecule has 1 aromatic carbocycles. The maximum atomic E-state index is 11.4. The van der Waals surface area contributed by atoms with E-state index in [-0.39, 0.29) is 11.3 Å². The zero-order chi connectivity index (χ0) is 14.3. The van der Waals surface area contributed by atoms with Crippen molar-refractivity contribution < 1.29 is 14.3 Å². The van der Waals surface area contributed by atoms with Crippen LogP contribution in [0.4, 0.5) is 0 Å². The Bertz CT molecular complexity index is 657. The number of carboxylic acids is 1. The Morgan fingerprint density at radius 1 is 1.40 bits per heavy atom. The summed E-state index contributed by atoms with van der Waals surface area (Å²) in [5, 5.41) is 10.3. The van der Waals surface area contributed by atoms with E-state index in [2.05, 4.69) is 18.7 Å². The number of furan rings is 1. The second-order valence-electron chi connectivity index (χ2n) is 6.05. The molecule has 3 rings (SSSR count). The number of hydrogen-bond donors (Lipinski definition) is 1. The molecule has 1 aromatic heterocycles. The summed E-state index contributed by atoms with van der Waals surface area (Å²) in [7, 11) is 0. The Kier molecular flexibility index (Phi) is 3.05. The number of rotatable bonds is 3. The van der Waals surface area contributed by atoms with E-state index in [1.165, 1.54) is 0 Å². The lowest BCUT2D eigenvalue weighted by Gasteiger charge is -2.31. The van der Waals surface area contributed by atoms with E-state index in [0.29, 0.717) is 12.1 Å². The fraction of sp³-hybridized carbons (Fsp3) is 0.438. The lowest BCUT2D eigenvalue weighted by molar-refractivity contribution is 0.0659. The molecule has 2 aromatic rings. The minimum Gasteiger partial charge on any atom is -0.475 e. The van der Waals surface area contributed by atoms with Gasteiger partial charge in [0.05, 0.1) is 0 Å². The van der Waals surface area contributed by atoms with Gasteiger partial charge >= 0.3 is 5.97 Å². The summed E-state index contributed by atoms with van der Waals surface area (Å²) in [5.41, 5.74) is 1.56. The van der Waals surface area contributed by atoms with Crippen molar-refractivity contribution in [2.45, 2.75) is 38.8 Å². The highest BCUT2D eigenvalue weighted by molar-refractivity contribution is 5.95. The van der Waals surface area contributed by atoms with Crippen LogP contribution in [0.25, 0.3) is 11.0 Å². The number of likely N-dealkylation sites (tertiary alicyclic amines) is 1. The summed E-state index contributed by atoms with van der Waals surface area (Å²) < 4.78 is 5.51.